The molecule has 0 radical (unpaired) electrons. The number of rotatable bonds is 1. The van der Waals surface area contributed by atoms with Crippen molar-refractivity contribution >= 4 is 22.1 Å². The van der Waals surface area contributed by atoms with Gasteiger partial charge in [0.15, 0.2) is 11.3 Å². The third-order valence-corrected chi connectivity index (χ3v) is 3.84. The zero-order valence-electron chi connectivity index (χ0n) is 12.0. The largest absolute Gasteiger partial charge is 0.279 e. The van der Waals surface area contributed by atoms with Gasteiger partial charge in [0.1, 0.15) is 0 Å². The third-order valence-electron chi connectivity index (χ3n) is 3.84. The van der Waals surface area contributed by atoms with Gasteiger partial charge in [-0.25, -0.2) is 4.98 Å². The minimum Gasteiger partial charge on any atom is -0.279 e. The summed E-state index contributed by atoms with van der Waals surface area (Å²) in [6.07, 6.45) is 0. The highest BCUT2D eigenvalue weighted by atomic mass is 16.1. The molecular formula is C15H13N5O2. The first-order chi connectivity index (χ1) is 10.6. The highest BCUT2D eigenvalue weighted by Gasteiger charge is 2.20. The molecule has 0 unspecified atom stereocenters. The van der Waals surface area contributed by atoms with Crippen molar-refractivity contribution in [1.29, 1.82) is 0 Å². The summed E-state index contributed by atoms with van der Waals surface area (Å²) in [5, 5.41) is 6.70. The number of aromatic nitrogens is 5. The number of aryl methyl sites for hydroxylation is 2. The van der Waals surface area contributed by atoms with Crippen LogP contribution in [-0.4, -0.2) is 24.5 Å². The van der Waals surface area contributed by atoms with Gasteiger partial charge in [-0.15, -0.1) is 0 Å². The van der Waals surface area contributed by atoms with Gasteiger partial charge in [0.2, 0.25) is 0 Å². The number of hydrogen-bond acceptors (Lipinski definition) is 3. The van der Waals surface area contributed by atoms with E-state index in [1.807, 2.05) is 30.3 Å². The maximum absolute atomic E-state index is 12.5. The SMILES string of the molecule is Cn1[nH]c2nc3[nH]n(C)c(=O)c3c(-c3ccccc3)c2c1=O. The molecule has 0 amide bonds. The lowest BCUT2D eigenvalue weighted by molar-refractivity contribution is 0.742. The van der Waals surface area contributed by atoms with Crippen molar-refractivity contribution in [3.8, 4) is 11.1 Å². The molecule has 22 heavy (non-hydrogen) atoms. The van der Waals surface area contributed by atoms with Crippen LogP contribution in [0.2, 0.25) is 0 Å². The van der Waals surface area contributed by atoms with E-state index in [-0.39, 0.29) is 11.1 Å². The predicted octanol–water partition coefficient (Wildman–Crippen LogP) is 1.11. The maximum atomic E-state index is 12.5. The summed E-state index contributed by atoms with van der Waals surface area (Å²) in [7, 11) is 3.26. The van der Waals surface area contributed by atoms with Crippen molar-refractivity contribution in [2.45, 2.75) is 0 Å². The second-order valence-corrected chi connectivity index (χ2v) is 5.25. The second kappa shape index (κ2) is 4.20. The molecule has 4 aromatic rings. The lowest BCUT2D eigenvalue weighted by atomic mass is 10.0. The van der Waals surface area contributed by atoms with E-state index in [4.69, 9.17) is 0 Å². The zero-order chi connectivity index (χ0) is 15.4. The Kier molecular flexibility index (Phi) is 2.41. The first-order valence-corrected chi connectivity index (χ1v) is 6.80. The lowest BCUT2D eigenvalue weighted by Gasteiger charge is -2.03. The van der Waals surface area contributed by atoms with Crippen LogP contribution in [0.3, 0.4) is 0 Å². The van der Waals surface area contributed by atoms with Crippen molar-refractivity contribution in [1.82, 2.24) is 24.5 Å². The van der Waals surface area contributed by atoms with Crippen molar-refractivity contribution < 1.29 is 0 Å². The third kappa shape index (κ3) is 1.53. The molecule has 0 atom stereocenters. The molecule has 0 fully saturated rings. The molecule has 0 saturated carbocycles. The normalized spacial score (nSPS) is 11.5. The molecule has 0 aliphatic carbocycles. The second-order valence-electron chi connectivity index (χ2n) is 5.25. The maximum Gasteiger partial charge on any atom is 0.276 e. The summed E-state index contributed by atoms with van der Waals surface area (Å²) < 4.78 is 2.74. The first-order valence-electron chi connectivity index (χ1n) is 6.80. The number of fused-ring (bicyclic) bond motifs is 2. The van der Waals surface area contributed by atoms with Gasteiger partial charge in [-0.1, -0.05) is 30.3 Å². The van der Waals surface area contributed by atoms with Crippen molar-refractivity contribution in [2.24, 2.45) is 14.1 Å². The smallest absolute Gasteiger partial charge is 0.276 e. The van der Waals surface area contributed by atoms with E-state index in [0.717, 1.165) is 5.56 Å². The van der Waals surface area contributed by atoms with Crippen LogP contribution in [0, 0.1) is 0 Å². The quantitative estimate of drug-likeness (QED) is 0.551. The zero-order valence-corrected chi connectivity index (χ0v) is 12.0. The number of H-pyrrole nitrogens is 2. The Balaban J connectivity index is 2.35. The molecule has 2 N–H and O–H groups in total. The number of pyridine rings is 1. The average Bonchev–Trinajstić information content (AvgIpc) is 2.96. The fourth-order valence-electron chi connectivity index (χ4n) is 2.81. The molecule has 3 heterocycles. The first kappa shape index (κ1) is 12.6. The fourth-order valence-corrected chi connectivity index (χ4v) is 2.81. The van der Waals surface area contributed by atoms with Gasteiger partial charge < -0.3 is 0 Å². The monoisotopic (exact) mass is 295 g/mol. The number of nitrogens with zero attached hydrogens (tertiary/aromatic N) is 3. The molecule has 7 heteroatoms. The van der Waals surface area contributed by atoms with Crippen LogP contribution in [0.15, 0.2) is 39.9 Å². The van der Waals surface area contributed by atoms with Gasteiger partial charge in [0.05, 0.1) is 10.8 Å². The van der Waals surface area contributed by atoms with E-state index in [0.29, 0.717) is 27.6 Å². The van der Waals surface area contributed by atoms with Gasteiger partial charge in [-0.05, 0) is 5.56 Å². The van der Waals surface area contributed by atoms with Crippen molar-refractivity contribution in [2.75, 3.05) is 0 Å². The molecule has 0 saturated heterocycles. The van der Waals surface area contributed by atoms with Gasteiger partial charge >= 0.3 is 0 Å². The Hall–Kier alpha value is -3.09. The van der Waals surface area contributed by atoms with Gasteiger partial charge in [-0.2, -0.15) is 0 Å². The summed E-state index contributed by atoms with van der Waals surface area (Å²) in [6, 6.07) is 9.41. The Morgan fingerprint density at radius 3 is 1.86 bits per heavy atom. The minimum absolute atomic E-state index is 0.202. The average molecular weight is 295 g/mol. The minimum atomic E-state index is -0.202. The Morgan fingerprint density at radius 1 is 0.864 bits per heavy atom. The van der Waals surface area contributed by atoms with E-state index in [2.05, 4.69) is 15.2 Å². The highest BCUT2D eigenvalue weighted by molar-refractivity contribution is 6.07. The summed E-state index contributed by atoms with van der Waals surface area (Å²) in [6.45, 7) is 0. The Labute approximate surface area is 123 Å². The molecule has 1 aromatic carbocycles. The van der Waals surface area contributed by atoms with E-state index >= 15 is 0 Å². The van der Waals surface area contributed by atoms with Gasteiger partial charge in [-0.3, -0.25) is 29.2 Å². The molecular weight excluding hydrogens is 282 g/mol. The van der Waals surface area contributed by atoms with Crippen LogP contribution in [0.5, 0.6) is 0 Å². The van der Waals surface area contributed by atoms with E-state index in [1.54, 1.807) is 14.1 Å². The molecule has 110 valence electrons. The highest BCUT2D eigenvalue weighted by Crippen LogP contribution is 2.30. The fraction of sp³-hybridized carbons (Fsp3) is 0.133. The Bertz CT molecular complexity index is 1060. The summed E-state index contributed by atoms with van der Waals surface area (Å²) in [5.74, 6) is 0. The molecule has 0 spiro atoms. The predicted molar refractivity (Wildman–Crippen MR) is 83.9 cm³/mol. The molecule has 4 rings (SSSR count). The molecule has 7 nitrogen and oxygen atoms in total. The van der Waals surface area contributed by atoms with E-state index in [9.17, 15) is 9.59 Å². The van der Waals surface area contributed by atoms with Crippen molar-refractivity contribution in [3.05, 3.63) is 51.0 Å². The standard InChI is InChI=1S/C15H13N5O2/c1-19-14(21)10-9(8-6-4-3-5-7-8)11-13(16-12(10)17-19)18-20(2)15(11)22/h3-7H,1-2H3,(H2,16,17,18). The molecule has 0 aliphatic heterocycles. The molecule has 3 aromatic heterocycles. The summed E-state index contributed by atoms with van der Waals surface area (Å²) in [5.41, 5.74) is 1.94. The number of aromatic amines is 2. The van der Waals surface area contributed by atoms with Crippen LogP contribution in [0.25, 0.3) is 33.2 Å². The molecule has 0 aliphatic rings. The number of nitrogens with one attached hydrogen (secondary N) is 2. The lowest BCUT2D eigenvalue weighted by Crippen LogP contribution is -2.14. The number of benzene rings is 1. The van der Waals surface area contributed by atoms with E-state index in [1.165, 1.54) is 9.36 Å². The van der Waals surface area contributed by atoms with Gasteiger partial charge in [0.25, 0.3) is 11.1 Å². The number of hydrogen-bond donors (Lipinski definition) is 2. The van der Waals surface area contributed by atoms with E-state index < -0.39 is 0 Å². The molecule has 0 bridgehead atoms. The van der Waals surface area contributed by atoms with Crippen LogP contribution in [0.1, 0.15) is 0 Å². The van der Waals surface area contributed by atoms with Crippen LogP contribution in [-0.2, 0) is 14.1 Å². The van der Waals surface area contributed by atoms with Crippen LogP contribution < -0.4 is 11.1 Å². The van der Waals surface area contributed by atoms with Crippen LogP contribution >= 0.6 is 0 Å². The summed E-state index contributed by atoms with van der Waals surface area (Å²) in [4.78, 5) is 29.3. The summed E-state index contributed by atoms with van der Waals surface area (Å²) >= 11 is 0. The Morgan fingerprint density at radius 2 is 1.36 bits per heavy atom. The topological polar surface area (TPSA) is 88.5 Å². The van der Waals surface area contributed by atoms with Crippen molar-refractivity contribution in [3.63, 3.8) is 0 Å². The van der Waals surface area contributed by atoms with Crippen LogP contribution in [0.4, 0.5) is 0 Å². The van der Waals surface area contributed by atoms with Gasteiger partial charge in [0, 0.05) is 19.7 Å².